The number of methoxy groups -OCH3 is 1. The number of benzene rings is 2. The predicted molar refractivity (Wildman–Crippen MR) is 113 cm³/mol. The summed E-state index contributed by atoms with van der Waals surface area (Å²) in [6, 6.07) is 12.8. The number of aromatic nitrogens is 4. The van der Waals surface area contributed by atoms with Crippen LogP contribution in [0.3, 0.4) is 0 Å². The minimum absolute atomic E-state index is 0.00490. The van der Waals surface area contributed by atoms with Gasteiger partial charge >= 0.3 is 0 Å². The van der Waals surface area contributed by atoms with Gasteiger partial charge in [0.25, 0.3) is 21.8 Å². The highest BCUT2D eigenvalue weighted by Gasteiger charge is 2.21. The number of anilines is 1. The van der Waals surface area contributed by atoms with Crippen LogP contribution in [0, 0.1) is 0 Å². The van der Waals surface area contributed by atoms with Crippen molar-refractivity contribution in [3.63, 3.8) is 0 Å². The molecule has 31 heavy (non-hydrogen) atoms. The summed E-state index contributed by atoms with van der Waals surface area (Å²) < 4.78 is 32.8. The summed E-state index contributed by atoms with van der Waals surface area (Å²) in [5.41, 5.74) is 0.905. The number of nitrogens with one attached hydrogen (secondary N) is 2. The van der Waals surface area contributed by atoms with Gasteiger partial charge in [0.1, 0.15) is 5.75 Å². The first kappa shape index (κ1) is 20.8. The molecule has 4 rings (SSSR count). The number of carbonyl (C=O) groups is 1. The number of ether oxygens (including phenoxy) is 1. The zero-order chi connectivity index (χ0) is 21.8. The van der Waals surface area contributed by atoms with E-state index in [1.54, 1.807) is 36.4 Å². The van der Waals surface area contributed by atoms with Gasteiger partial charge in [-0.2, -0.15) is 0 Å². The second-order valence-corrected chi connectivity index (χ2v) is 8.87. The molecule has 0 spiro atoms. The molecule has 1 heterocycles. The number of hydrogen-bond donors (Lipinski definition) is 2. The molecule has 2 aromatic carbocycles. The van der Waals surface area contributed by atoms with Gasteiger partial charge in [-0.25, -0.2) is 8.42 Å². The van der Waals surface area contributed by atoms with E-state index in [1.807, 2.05) is 0 Å². The van der Waals surface area contributed by atoms with Crippen molar-refractivity contribution in [2.45, 2.75) is 36.6 Å². The van der Waals surface area contributed by atoms with Crippen molar-refractivity contribution in [1.29, 1.82) is 0 Å². The first-order chi connectivity index (χ1) is 14.9. The van der Waals surface area contributed by atoms with E-state index in [0.717, 1.165) is 25.7 Å². The van der Waals surface area contributed by atoms with Gasteiger partial charge in [-0.1, -0.05) is 18.9 Å². The zero-order valence-electron chi connectivity index (χ0n) is 16.9. The standard InChI is InChI=1S/C20H22N6O4S/c1-30-17-7-4-8-18(13-17)31(28,29)24-15-9-11-16(12-10-15)26-23-19(22-25-26)20(27)21-14-5-2-3-6-14/h4,7-14,24H,2-3,5-6H2,1H3,(H,21,27). The maximum absolute atomic E-state index is 12.6. The Bertz CT molecular complexity index is 1170. The van der Waals surface area contributed by atoms with E-state index in [-0.39, 0.29) is 22.7 Å². The Morgan fingerprint density at radius 3 is 2.58 bits per heavy atom. The molecular weight excluding hydrogens is 420 g/mol. The Morgan fingerprint density at radius 2 is 1.87 bits per heavy atom. The summed E-state index contributed by atoms with van der Waals surface area (Å²) in [5, 5.41) is 14.8. The molecule has 3 aromatic rings. The second kappa shape index (κ2) is 8.72. The topological polar surface area (TPSA) is 128 Å². The van der Waals surface area contributed by atoms with E-state index in [4.69, 9.17) is 4.74 Å². The molecule has 2 N–H and O–H groups in total. The van der Waals surface area contributed by atoms with Crippen molar-refractivity contribution in [2.75, 3.05) is 11.8 Å². The lowest BCUT2D eigenvalue weighted by atomic mass is 10.2. The highest BCUT2D eigenvalue weighted by Crippen LogP contribution is 2.21. The van der Waals surface area contributed by atoms with Crippen LogP contribution in [0.25, 0.3) is 5.69 Å². The Labute approximate surface area is 179 Å². The molecule has 0 bridgehead atoms. The molecule has 1 aromatic heterocycles. The van der Waals surface area contributed by atoms with Crippen molar-refractivity contribution >= 4 is 21.6 Å². The van der Waals surface area contributed by atoms with Crippen LogP contribution < -0.4 is 14.8 Å². The van der Waals surface area contributed by atoms with E-state index < -0.39 is 10.0 Å². The van der Waals surface area contributed by atoms with Gasteiger partial charge in [0, 0.05) is 17.8 Å². The summed E-state index contributed by atoms with van der Waals surface area (Å²) in [6.45, 7) is 0. The van der Waals surface area contributed by atoms with Gasteiger partial charge in [0.05, 0.1) is 17.7 Å². The highest BCUT2D eigenvalue weighted by atomic mass is 32.2. The third-order valence-corrected chi connectivity index (χ3v) is 6.39. The Kier molecular flexibility index (Phi) is 5.85. The normalized spacial score (nSPS) is 14.4. The van der Waals surface area contributed by atoms with Gasteiger partial charge < -0.3 is 10.1 Å². The van der Waals surface area contributed by atoms with Crippen LogP contribution in [-0.2, 0) is 10.0 Å². The average Bonchev–Trinajstić information content (AvgIpc) is 3.46. The molecule has 0 saturated heterocycles. The third kappa shape index (κ3) is 4.82. The van der Waals surface area contributed by atoms with Crippen LogP contribution in [0.2, 0.25) is 0 Å². The van der Waals surface area contributed by atoms with E-state index >= 15 is 0 Å². The fourth-order valence-electron chi connectivity index (χ4n) is 3.38. The van der Waals surface area contributed by atoms with Crippen molar-refractivity contribution < 1.29 is 17.9 Å². The lowest BCUT2D eigenvalue weighted by Gasteiger charge is -2.10. The van der Waals surface area contributed by atoms with E-state index in [2.05, 4.69) is 25.4 Å². The molecule has 0 unspecified atom stereocenters. The van der Waals surface area contributed by atoms with Crippen molar-refractivity contribution in [3.8, 4) is 11.4 Å². The quantitative estimate of drug-likeness (QED) is 0.574. The van der Waals surface area contributed by atoms with Crippen molar-refractivity contribution in [2.24, 2.45) is 0 Å². The summed E-state index contributed by atoms with van der Waals surface area (Å²) in [4.78, 5) is 13.6. The van der Waals surface area contributed by atoms with Gasteiger partial charge in [-0.3, -0.25) is 9.52 Å². The van der Waals surface area contributed by atoms with E-state index in [9.17, 15) is 13.2 Å². The van der Waals surface area contributed by atoms with Crippen molar-refractivity contribution in [1.82, 2.24) is 25.5 Å². The first-order valence-electron chi connectivity index (χ1n) is 9.83. The lowest BCUT2D eigenvalue weighted by molar-refractivity contribution is 0.0927. The molecule has 1 amide bonds. The second-order valence-electron chi connectivity index (χ2n) is 7.19. The molecule has 1 saturated carbocycles. The van der Waals surface area contributed by atoms with Gasteiger partial charge in [-0.05, 0) is 54.5 Å². The molecule has 11 heteroatoms. The molecule has 0 aliphatic heterocycles. The Morgan fingerprint density at radius 1 is 1.13 bits per heavy atom. The van der Waals surface area contributed by atoms with Gasteiger partial charge in [0.15, 0.2) is 0 Å². The number of carbonyl (C=O) groups excluding carboxylic acids is 1. The maximum Gasteiger partial charge on any atom is 0.293 e. The average molecular weight is 443 g/mol. The number of sulfonamides is 1. The minimum Gasteiger partial charge on any atom is -0.497 e. The SMILES string of the molecule is COc1cccc(S(=O)(=O)Nc2ccc(-n3nnc(C(=O)NC4CCCC4)n3)cc2)c1. The summed E-state index contributed by atoms with van der Waals surface area (Å²) in [6.07, 6.45) is 4.15. The molecular formula is C20H22N6O4S. The van der Waals surface area contributed by atoms with Crippen molar-refractivity contribution in [3.05, 3.63) is 54.4 Å². The fraction of sp³-hybridized carbons (Fsp3) is 0.300. The number of rotatable bonds is 7. The number of nitrogens with zero attached hydrogens (tertiary/aromatic N) is 4. The van der Waals surface area contributed by atoms with E-state index in [0.29, 0.717) is 17.1 Å². The summed E-state index contributed by atoms with van der Waals surface area (Å²) >= 11 is 0. The predicted octanol–water partition coefficient (Wildman–Crippen LogP) is 2.14. The number of amides is 1. The minimum atomic E-state index is -3.78. The molecule has 1 aliphatic rings. The van der Waals surface area contributed by atoms with Crippen LogP contribution in [0.4, 0.5) is 5.69 Å². The fourth-order valence-corrected chi connectivity index (χ4v) is 4.47. The van der Waals surface area contributed by atoms with Gasteiger partial charge in [0.2, 0.25) is 0 Å². The lowest BCUT2D eigenvalue weighted by Crippen LogP contribution is -2.33. The Hall–Kier alpha value is -3.47. The van der Waals surface area contributed by atoms with Crippen LogP contribution >= 0.6 is 0 Å². The molecule has 162 valence electrons. The van der Waals surface area contributed by atoms with Crippen LogP contribution in [0.5, 0.6) is 5.75 Å². The van der Waals surface area contributed by atoms with Crippen LogP contribution in [-0.4, -0.2) is 47.7 Å². The van der Waals surface area contributed by atoms with Crippen LogP contribution in [0.1, 0.15) is 36.3 Å². The van der Waals surface area contributed by atoms with Crippen LogP contribution in [0.15, 0.2) is 53.4 Å². The smallest absolute Gasteiger partial charge is 0.293 e. The highest BCUT2D eigenvalue weighted by molar-refractivity contribution is 7.92. The third-order valence-electron chi connectivity index (χ3n) is 5.01. The zero-order valence-corrected chi connectivity index (χ0v) is 17.7. The molecule has 0 atom stereocenters. The number of hydrogen-bond acceptors (Lipinski definition) is 7. The first-order valence-corrected chi connectivity index (χ1v) is 11.3. The number of tetrazole rings is 1. The largest absolute Gasteiger partial charge is 0.497 e. The molecule has 10 nitrogen and oxygen atoms in total. The maximum atomic E-state index is 12.6. The summed E-state index contributed by atoms with van der Waals surface area (Å²) in [5.74, 6) is 0.0961. The summed E-state index contributed by atoms with van der Waals surface area (Å²) in [7, 11) is -2.30. The molecule has 0 radical (unpaired) electrons. The molecule has 1 fully saturated rings. The van der Waals surface area contributed by atoms with Gasteiger partial charge in [-0.15, -0.1) is 15.0 Å². The van der Waals surface area contributed by atoms with E-state index in [1.165, 1.54) is 24.0 Å². The molecule has 1 aliphatic carbocycles. The monoisotopic (exact) mass is 442 g/mol. The Balaban J connectivity index is 1.44.